The van der Waals surface area contributed by atoms with Gasteiger partial charge in [0.1, 0.15) is 11.5 Å². The van der Waals surface area contributed by atoms with Gasteiger partial charge < -0.3 is 9.84 Å². The summed E-state index contributed by atoms with van der Waals surface area (Å²) in [4.78, 5) is 4.45. The van der Waals surface area contributed by atoms with E-state index < -0.39 is 0 Å². The number of nitrogens with zero attached hydrogens (tertiary/aromatic N) is 1. The maximum Gasteiger partial charge on any atom is 0.137 e. The minimum atomic E-state index is 0.291. The Balaban J connectivity index is 1.43. The molecule has 1 fully saturated rings. The van der Waals surface area contributed by atoms with Gasteiger partial charge >= 0.3 is 0 Å². The second kappa shape index (κ2) is 7.24. The normalized spacial score (nSPS) is 17.5. The summed E-state index contributed by atoms with van der Waals surface area (Å²) < 4.78 is 5.71. The molecule has 3 N–H and O–H groups in total. The molecule has 0 spiro atoms. The lowest BCUT2D eigenvalue weighted by Crippen LogP contribution is -2.25. The van der Waals surface area contributed by atoms with Gasteiger partial charge in [-0.1, -0.05) is 12.1 Å². The Morgan fingerprint density at radius 2 is 2.23 bits per heavy atom. The molecule has 0 aliphatic carbocycles. The van der Waals surface area contributed by atoms with Crippen LogP contribution in [0.15, 0.2) is 42.6 Å². The quantitative estimate of drug-likeness (QED) is 0.715. The number of nitrogens with one attached hydrogen (secondary N) is 2. The van der Waals surface area contributed by atoms with E-state index in [2.05, 4.69) is 15.8 Å². The van der Waals surface area contributed by atoms with Crippen molar-refractivity contribution in [3.8, 4) is 11.5 Å². The maximum atomic E-state index is 9.41. The summed E-state index contributed by atoms with van der Waals surface area (Å²) in [5.74, 6) is 1.11. The molecule has 1 atom stereocenters. The van der Waals surface area contributed by atoms with E-state index in [9.17, 15) is 5.11 Å². The van der Waals surface area contributed by atoms with Gasteiger partial charge in [0.15, 0.2) is 0 Å². The molecule has 116 valence electrons. The van der Waals surface area contributed by atoms with Crippen LogP contribution in [-0.4, -0.2) is 23.2 Å². The van der Waals surface area contributed by atoms with Crippen molar-refractivity contribution in [2.24, 2.45) is 0 Å². The molecule has 0 bridgehead atoms. The topological polar surface area (TPSA) is 66.4 Å². The molecule has 3 rings (SSSR count). The number of phenols is 1. The predicted molar refractivity (Wildman–Crippen MR) is 84.7 cm³/mol. The van der Waals surface area contributed by atoms with Crippen molar-refractivity contribution < 1.29 is 9.84 Å². The lowest BCUT2D eigenvalue weighted by molar-refractivity contribution is 0.309. The zero-order chi connectivity index (χ0) is 15.2. The number of benzene rings is 1. The van der Waals surface area contributed by atoms with Crippen LogP contribution < -0.4 is 15.6 Å². The van der Waals surface area contributed by atoms with Gasteiger partial charge in [-0.15, -0.1) is 0 Å². The largest absolute Gasteiger partial charge is 0.508 e. The van der Waals surface area contributed by atoms with E-state index in [-0.39, 0.29) is 0 Å². The maximum absolute atomic E-state index is 9.41. The molecule has 1 aliphatic heterocycles. The van der Waals surface area contributed by atoms with Crippen molar-refractivity contribution in [3.63, 3.8) is 0 Å². The summed E-state index contributed by atoms with van der Waals surface area (Å²) in [6.07, 6.45) is 4.62. The summed E-state index contributed by atoms with van der Waals surface area (Å²) in [5.41, 5.74) is 8.46. The first-order chi connectivity index (χ1) is 10.8. The Morgan fingerprint density at radius 3 is 2.95 bits per heavy atom. The molecule has 1 aliphatic rings. The highest BCUT2D eigenvalue weighted by atomic mass is 16.5. The fraction of sp³-hybridized carbons (Fsp3) is 0.353. The van der Waals surface area contributed by atoms with Gasteiger partial charge in [-0.05, 0) is 49.1 Å². The van der Waals surface area contributed by atoms with Crippen LogP contribution in [0.5, 0.6) is 11.5 Å². The third-order valence-corrected chi connectivity index (χ3v) is 3.74. The summed E-state index contributed by atoms with van der Waals surface area (Å²) in [5, 5.41) is 9.41. The van der Waals surface area contributed by atoms with E-state index in [1.807, 2.05) is 24.3 Å². The highest BCUT2D eigenvalue weighted by molar-refractivity contribution is 5.27. The fourth-order valence-electron chi connectivity index (χ4n) is 2.57. The molecule has 0 radical (unpaired) electrons. The van der Waals surface area contributed by atoms with Gasteiger partial charge in [0.25, 0.3) is 0 Å². The second-order valence-electron chi connectivity index (χ2n) is 5.45. The molecule has 1 aromatic heterocycles. The first-order valence-corrected chi connectivity index (χ1v) is 7.66. The van der Waals surface area contributed by atoms with Crippen molar-refractivity contribution in [1.82, 2.24) is 15.8 Å². The van der Waals surface area contributed by atoms with E-state index in [1.54, 1.807) is 18.3 Å². The summed E-state index contributed by atoms with van der Waals surface area (Å²) >= 11 is 0. The van der Waals surface area contributed by atoms with Crippen LogP contribution in [0.1, 0.15) is 30.1 Å². The molecular weight excluding hydrogens is 278 g/mol. The first kappa shape index (κ1) is 14.8. The molecule has 22 heavy (non-hydrogen) atoms. The highest BCUT2D eigenvalue weighted by Gasteiger charge is 2.16. The molecule has 5 heteroatoms. The number of hydrazine groups is 1. The SMILES string of the molecule is Oc1cccc(CCCOc2ccc(C3CCNN3)nc2)c1. The third-order valence-electron chi connectivity index (χ3n) is 3.74. The van der Waals surface area contributed by atoms with Crippen molar-refractivity contribution in [3.05, 3.63) is 53.9 Å². The molecular formula is C17H21N3O2. The van der Waals surface area contributed by atoms with Crippen LogP contribution in [0.25, 0.3) is 0 Å². The monoisotopic (exact) mass is 299 g/mol. The number of phenolic OH excluding ortho intramolecular Hbond substituents is 1. The van der Waals surface area contributed by atoms with Gasteiger partial charge in [0.05, 0.1) is 24.5 Å². The van der Waals surface area contributed by atoms with Crippen LogP contribution in [-0.2, 0) is 6.42 Å². The molecule has 1 aromatic carbocycles. The number of aryl methyl sites for hydroxylation is 1. The predicted octanol–water partition coefficient (Wildman–Crippen LogP) is 2.34. The molecule has 1 unspecified atom stereocenters. The number of hydrogen-bond donors (Lipinski definition) is 3. The molecule has 1 saturated heterocycles. The van der Waals surface area contributed by atoms with E-state index in [1.165, 1.54) is 0 Å². The lowest BCUT2D eigenvalue weighted by atomic mass is 10.1. The molecule has 0 saturated carbocycles. The number of pyridine rings is 1. The van der Waals surface area contributed by atoms with Crippen LogP contribution in [0, 0.1) is 0 Å². The fourth-order valence-corrected chi connectivity index (χ4v) is 2.57. The molecule has 2 aromatic rings. The highest BCUT2D eigenvalue weighted by Crippen LogP contribution is 2.19. The van der Waals surface area contributed by atoms with E-state index in [0.29, 0.717) is 18.4 Å². The minimum Gasteiger partial charge on any atom is -0.508 e. The third kappa shape index (κ3) is 3.96. The van der Waals surface area contributed by atoms with Gasteiger partial charge in [0.2, 0.25) is 0 Å². The van der Waals surface area contributed by atoms with E-state index in [0.717, 1.165) is 42.8 Å². The average molecular weight is 299 g/mol. The number of ether oxygens (including phenoxy) is 1. The number of aromatic nitrogens is 1. The Kier molecular flexibility index (Phi) is 4.88. The number of hydrogen-bond acceptors (Lipinski definition) is 5. The van der Waals surface area contributed by atoms with Gasteiger partial charge in [-0.25, -0.2) is 5.43 Å². The van der Waals surface area contributed by atoms with E-state index in [4.69, 9.17) is 4.74 Å². The molecule has 0 amide bonds. The van der Waals surface area contributed by atoms with E-state index >= 15 is 0 Å². The average Bonchev–Trinajstić information content (AvgIpc) is 3.07. The van der Waals surface area contributed by atoms with Crippen LogP contribution in [0.3, 0.4) is 0 Å². The zero-order valence-electron chi connectivity index (χ0n) is 12.5. The smallest absolute Gasteiger partial charge is 0.137 e. The standard InChI is InChI=1S/C17H21N3O2/c21-14-5-1-3-13(11-14)4-2-10-22-15-6-7-16(18-12-15)17-8-9-19-20-17/h1,3,5-7,11-12,17,19-21H,2,4,8-10H2. The van der Waals surface area contributed by atoms with Crippen molar-refractivity contribution in [1.29, 1.82) is 0 Å². The van der Waals surface area contributed by atoms with Gasteiger partial charge in [-0.3, -0.25) is 10.4 Å². The summed E-state index contributed by atoms with van der Waals surface area (Å²) in [6.45, 7) is 1.61. The summed E-state index contributed by atoms with van der Waals surface area (Å²) in [6, 6.07) is 11.6. The van der Waals surface area contributed by atoms with Crippen molar-refractivity contribution in [2.45, 2.75) is 25.3 Å². The zero-order valence-corrected chi connectivity index (χ0v) is 12.5. The first-order valence-electron chi connectivity index (χ1n) is 7.66. The molecule has 5 nitrogen and oxygen atoms in total. The van der Waals surface area contributed by atoms with Crippen LogP contribution in [0.4, 0.5) is 0 Å². The van der Waals surface area contributed by atoms with Crippen molar-refractivity contribution >= 4 is 0 Å². The van der Waals surface area contributed by atoms with Crippen LogP contribution >= 0.6 is 0 Å². The lowest BCUT2D eigenvalue weighted by Gasteiger charge is -2.10. The van der Waals surface area contributed by atoms with Crippen LogP contribution in [0.2, 0.25) is 0 Å². The molecule has 2 heterocycles. The minimum absolute atomic E-state index is 0.291. The van der Waals surface area contributed by atoms with Gasteiger partial charge in [-0.2, -0.15) is 0 Å². The number of aromatic hydroxyl groups is 1. The number of rotatable bonds is 6. The second-order valence-corrected chi connectivity index (χ2v) is 5.45. The Morgan fingerprint density at radius 1 is 1.27 bits per heavy atom. The van der Waals surface area contributed by atoms with Gasteiger partial charge in [0, 0.05) is 6.54 Å². The Hall–Kier alpha value is -2.11. The Labute approximate surface area is 130 Å². The van der Waals surface area contributed by atoms with Crippen molar-refractivity contribution in [2.75, 3.05) is 13.2 Å². The summed E-state index contributed by atoms with van der Waals surface area (Å²) in [7, 11) is 0. The Bertz CT molecular complexity index is 595.